The molecule has 3 saturated carbocycles. The second-order valence-electron chi connectivity index (χ2n) is 12.1. The van der Waals surface area contributed by atoms with E-state index in [-0.39, 0.29) is 52.5 Å². The molecule has 5 rings (SSSR count). The monoisotopic (exact) mass is 462 g/mol. The van der Waals surface area contributed by atoms with Gasteiger partial charge in [-0.05, 0) is 55.3 Å². The lowest BCUT2D eigenvalue weighted by molar-refractivity contribution is -0.273. The molecule has 3 aliphatic carbocycles. The number of rotatable bonds is 4. The first-order valence-electron chi connectivity index (χ1n) is 12.8. The Labute approximate surface area is 196 Å². The van der Waals surface area contributed by atoms with Gasteiger partial charge in [-0.3, -0.25) is 14.4 Å². The number of ether oxygens (including phenoxy) is 4. The van der Waals surface area contributed by atoms with Gasteiger partial charge in [-0.15, -0.1) is 0 Å². The van der Waals surface area contributed by atoms with Gasteiger partial charge in [0.05, 0.1) is 5.92 Å². The Morgan fingerprint density at radius 2 is 1.88 bits per heavy atom. The standard InChI is InChI=1S/C26H38O7/c1-6-8-18(28)31-16-13-26-17(25(5)12-7-11-24(3,4)20(16)25)10-9-15-19(26)22(32-21(15)29)33-23(26)30-14(2)27/h15-17,19-20,22-23H,6-13H2,1-5H3. The van der Waals surface area contributed by atoms with Gasteiger partial charge in [0.1, 0.15) is 6.10 Å². The molecule has 5 fully saturated rings. The van der Waals surface area contributed by atoms with Crippen LogP contribution in [0, 0.1) is 39.9 Å². The molecule has 7 heteroatoms. The third-order valence-electron chi connectivity index (χ3n) is 9.82. The number of carbonyl (C=O) groups is 3. The molecule has 0 N–H and O–H groups in total. The third kappa shape index (κ3) is 3.20. The quantitative estimate of drug-likeness (QED) is 0.453. The molecule has 1 spiro atoms. The molecule has 0 radical (unpaired) electrons. The Hall–Kier alpha value is -1.63. The molecular weight excluding hydrogens is 424 g/mol. The van der Waals surface area contributed by atoms with Crippen molar-refractivity contribution in [3.8, 4) is 0 Å². The zero-order valence-electron chi connectivity index (χ0n) is 20.6. The molecule has 2 aliphatic heterocycles. The topological polar surface area (TPSA) is 88.1 Å². The van der Waals surface area contributed by atoms with Crippen LogP contribution < -0.4 is 0 Å². The molecule has 2 heterocycles. The average Bonchev–Trinajstić information content (AvgIpc) is 3.17. The minimum Gasteiger partial charge on any atom is -0.462 e. The van der Waals surface area contributed by atoms with Crippen molar-refractivity contribution in [1.29, 1.82) is 0 Å². The molecule has 7 nitrogen and oxygen atoms in total. The molecule has 0 amide bonds. The number of fused-ring (bicyclic) bond motifs is 2. The fourth-order valence-electron chi connectivity index (χ4n) is 9.13. The van der Waals surface area contributed by atoms with Gasteiger partial charge in [-0.25, -0.2) is 0 Å². The molecule has 9 atom stereocenters. The lowest BCUT2D eigenvalue weighted by atomic mass is 9.38. The van der Waals surface area contributed by atoms with Crippen molar-refractivity contribution in [2.24, 2.45) is 39.9 Å². The van der Waals surface area contributed by atoms with E-state index in [9.17, 15) is 14.4 Å². The normalized spacial score (nSPS) is 47.1. The summed E-state index contributed by atoms with van der Waals surface area (Å²) >= 11 is 0. The van der Waals surface area contributed by atoms with Gasteiger partial charge >= 0.3 is 17.9 Å². The predicted molar refractivity (Wildman–Crippen MR) is 117 cm³/mol. The van der Waals surface area contributed by atoms with Crippen LogP contribution in [-0.2, 0) is 33.3 Å². The largest absolute Gasteiger partial charge is 0.462 e. The maximum Gasteiger partial charge on any atom is 0.311 e. The number of hydrogen-bond acceptors (Lipinski definition) is 7. The molecule has 0 aromatic rings. The van der Waals surface area contributed by atoms with Crippen LogP contribution in [0.3, 0.4) is 0 Å². The molecule has 0 aromatic heterocycles. The molecular formula is C26H38O7. The Balaban J connectivity index is 1.64. The summed E-state index contributed by atoms with van der Waals surface area (Å²) in [7, 11) is 0. The molecule has 0 bridgehead atoms. The average molecular weight is 463 g/mol. The van der Waals surface area contributed by atoms with E-state index in [4.69, 9.17) is 18.9 Å². The van der Waals surface area contributed by atoms with Crippen molar-refractivity contribution < 1.29 is 33.3 Å². The van der Waals surface area contributed by atoms with Crippen molar-refractivity contribution in [2.75, 3.05) is 0 Å². The second-order valence-corrected chi connectivity index (χ2v) is 12.1. The van der Waals surface area contributed by atoms with E-state index in [1.165, 1.54) is 6.92 Å². The van der Waals surface area contributed by atoms with Crippen molar-refractivity contribution in [1.82, 2.24) is 0 Å². The van der Waals surface area contributed by atoms with Crippen molar-refractivity contribution in [3.63, 3.8) is 0 Å². The highest BCUT2D eigenvalue weighted by Crippen LogP contribution is 2.74. The van der Waals surface area contributed by atoms with Crippen LogP contribution in [0.25, 0.3) is 0 Å². The summed E-state index contributed by atoms with van der Waals surface area (Å²) in [4.78, 5) is 37.6. The molecule has 5 aliphatic rings. The van der Waals surface area contributed by atoms with E-state index in [0.29, 0.717) is 12.8 Å². The molecule has 33 heavy (non-hydrogen) atoms. The van der Waals surface area contributed by atoms with Gasteiger partial charge in [0.15, 0.2) is 0 Å². The maximum absolute atomic E-state index is 12.8. The van der Waals surface area contributed by atoms with Crippen molar-refractivity contribution in [2.45, 2.75) is 105 Å². The predicted octanol–water partition coefficient (Wildman–Crippen LogP) is 4.37. The van der Waals surface area contributed by atoms with Gasteiger partial charge in [0.2, 0.25) is 12.6 Å². The van der Waals surface area contributed by atoms with Gasteiger partial charge in [0.25, 0.3) is 0 Å². The van der Waals surface area contributed by atoms with Crippen LogP contribution in [0.5, 0.6) is 0 Å². The third-order valence-corrected chi connectivity index (χ3v) is 9.82. The smallest absolute Gasteiger partial charge is 0.311 e. The Kier molecular flexibility index (Phi) is 5.39. The molecule has 2 saturated heterocycles. The van der Waals surface area contributed by atoms with Crippen molar-refractivity contribution >= 4 is 17.9 Å². The summed E-state index contributed by atoms with van der Waals surface area (Å²) in [6, 6.07) is 0. The van der Waals surface area contributed by atoms with Crippen LogP contribution in [0.4, 0.5) is 0 Å². The number of esters is 3. The van der Waals surface area contributed by atoms with E-state index < -0.39 is 24.0 Å². The summed E-state index contributed by atoms with van der Waals surface area (Å²) < 4.78 is 23.9. The first kappa shape index (κ1) is 23.1. The molecule has 0 aromatic carbocycles. The maximum atomic E-state index is 12.8. The lowest BCUT2D eigenvalue weighted by Crippen LogP contribution is -2.67. The van der Waals surface area contributed by atoms with Crippen LogP contribution in [0.2, 0.25) is 0 Å². The van der Waals surface area contributed by atoms with Gasteiger partial charge < -0.3 is 18.9 Å². The fourth-order valence-corrected chi connectivity index (χ4v) is 9.13. The number of hydrogen-bond donors (Lipinski definition) is 0. The highest BCUT2D eigenvalue weighted by atomic mass is 16.8. The van der Waals surface area contributed by atoms with E-state index >= 15 is 0 Å². The lowest BCUT2D eigenvalue weighted by Gasteiger charge is -2.67. The highest BCUT2D eigenvalue weighted by Gasteiger charge is 2.77. The highest BCUT2D eigenvalue weighted by molar-refractivity contribution is 5.76. The van der Waals surface area contributed by atoms with Crippen LogP contribution >= 0.6 is 0 Å². The summed E-state index contributed by atoms with van der Waals surface area (Å²) in [5.41, 5.74) is -0.702. The van der Waals surface area contributed by atoms with Crippen LogP contribution in [0.1, 0.15) is 86.0 Å². The van der Waals surface area contributed by atoms with E-state index in [1.54, 1.807) is 0 Å². The second kappa shape index (κ2) is 7.69. The number of carbonyl (C=O) groups excluding carboxylic acids is 3. The summed E-state index contributed by atoms with van der Waals surface area (Å²) in [6.07, 6.45) is 4.73. The zero-order valence-corrected chi connectivity index (χ0v) is 20.6. The zero-order chi connectivity index (χ0) is 23.8. The first-order chi connectivity index (χ1) is 15.5. The van der Waals surface area contributed by atoms with E-state index in [1.807, 2.05) is 6.92 Å². The van der Waals surface area contributed by atoms with Crippen molar-refractivity contribution in [3.05, 3.63) is 0 Å². The van der Waals surface area contributed by atoms with Gasteiger partial charge in [-0.2, -0.15) is 0 Å². The summed E-state index contributed by atoms with van der Waals surface area (Å²) in [6.45, 7) is 10.3. The van der Waals surface area contributed by atoms with Gasteiger partial charge in [-0.1, -0.05) is 34.1 Å². The van der Waals surface area contributed by atoms with E-state index in [0.717, 1.165) is 38.5 Å². The van der Waals surface area contributed by atoms with Gasteiger partial charge in [0, 0.05) is 30.6 Å². The molecule has 184 valence electrons. The van der Waals surface area contributed by atoms with Crippen LogP contribution in [-0.4, -0.2) is 36.6 Å². The summed E-state index contributed by atoms with van der Waals surface area (Å²) in [5.74, 6) is -0.828. The van der Waals surface area contributed by atoms with Crippen LogP contribution in [0.15, 0.2) is 0 Å². The SMILES string of the molecule is CCCC(=O)OC1CC23C(OC(C)=O)OC4OC(=O)C(CCC2C2(C)CCCC(C)(C)C12)C43. The Morgan fingerprint density at radius 3 is 2.58 bits per heavy atom. The van der Waals surface area contributed by atoms with E-state index in [2.05, 4.69) is 20.8 Å². The first-order valence-corrected chi connectivity index (χ1v) is 12.8. The minimum absolute atomic E-state index is 0.0143. The summed E-state index contributed by atoms with van der Waals surface area (Å²) in [5, 5.41) is 0. The minimum atomic E-state index is -0.791. The fraction of sp³-hybridized carbons (Fsp3) is 0.885. The Bertz CT molecular complexity index is 852. The Morgan fingerprint density at radius 1 is 1.12 bits per heavy atom. The molecule has 9 unspecified atom stereocenters.